The Morgan fingerprint density at radius 3 is 2.50 bits per heavy atom. The first-order chi connectivity index (χ1) is 8.24. The van der Waals surface area contributed by atoms with Gasteiger partial charge in [0, 0.05) is 19.7 Å². The lowest BCUT2D eigenvalue weighted by Gasteiger charge is -2.25. The van der Waals surface area contributed by atoms with Crippen LogP contribution in [0.4, 0.5) is 14.5 Å². The Labute approximate surface area is 105 Å². The lowest BCUT2D eigenvalue weighted by Crippen LogP contribution is -2.30. The number of carbonyl (C=O) groups is 1. The van der Waals surface area contributed by atoms with Gasteiger partial charge >= 0.3 is 5.97 Å². The van der Waals surface area contributed by atoms with Crippen LogP contribution in [0.5, 0.6) is 0 Å². The van der Waals surface area contributed by atoms with Crippen LogP contribution in [0.15, 0.2) is 18.2 Å². The lowest BCUT2D eigenvalue weighted by molar-refractivity contribution is -0.147. The average molecular weight is 257 g/mol. The fourth-order valence-electron chi connectivity index (χ4n) is 1.47. The quantitative estimate of drug-likeness (QED) is 0.881. The first-order valence-electron chi connectivity index (χ1n) is 5.63. The number of aliphatic carboxylic acids is 1. The van der Waals surface area contributed by atoms with Gasteiger partial charge in [-0.2, -0.15) is 0 Å². The molecule has 0 aliphatic rings. The second kappa shape index (κ2) is 5.33. The SMILES string of the molecule is CN(CCC(C)(C)C(=O)O)c1ccc(F)cc1F. The minimum Gasteiger partial charge on any atom is -0.481 e. The summed E-state index contributed by atoms with van der Waals surface area (Å²) in [5, 5.41) is 8.97. The Morgan fingerprint density at radius 1 is 1.39 bits per heavy atom. The Morgan fingerprint density at radius 2 is 2.00 bits per heavy atom. The molecule has 1 aromatic carbocycles. The Balaban J connectivity index is 2.71. The minimum atomic E-state index is -0.893. The molecule has 0 bridgehead atoms. The zero-order valence-electron chi connectivity index (χ0n) is 10.7. The molecule has 0 saturated heterocycles. The van der Waals surface area contributed by atoms with Crippen LogP contribution in [0.3, 0.4) is 0 Å². The van der Waals surface area contributed by atoms with Gasteiger partial charge in [-0.25, -0.2) is 8.78 Å². The summed E-state index contributed by atoms with van der Waals surface area (Å²) < 4.78 is 26.2. The van der Waals surface area contributed by atoms with Crippen LogP contribution in [-0.2, 0) is 4.79 Å². The van der Waals surface area contributed by atoms with E-state index in [0.29, 0.717) is 13.0 Å². The van der Waals surface area contributed by atoms with Gasteiger partial charge in [0.2, 0.25) is 0 Å². The fourth-order valence-corrected chi connectivity index (χ4v) is 1.47. The lowest BCUT2D eigenvalue weighted by atomic mass is 9.89. The third-order valence-corrected chi connectivity index (χ3v) is 2.97. The number of carboxylic acids is 1. The second-order valence-electron chi connectivity index (χ2n) is 4.96. The molecule has 1 rings (SSSR count). The summed E-state index contributed by atoms with van der Waals surface area (Å²) in [5.74, 6) is -2.17. The van der Waals surface area contributed by atoms with Crippen LogP contribution in [-0.4, -0.2) is 24.7 Å². The van der Waals surface area contributed by atoms with Crippen molar-refractivity contribution >= 4 is 11.7 Å². The van der Waals surface area contributed by atoms with E-state index < -0.39 is 23.0 Å². The maximum Gasteiger partial charge on any atom is 0.309 e. The van der Waals surface area contributed by atoms with Crippen LogP contribution in [0, 0.1) is 17.0 Å². The first-order valence-corrected chi connectivity index (χ1v) is 5.63. The van der Waals surface area contributed by atoms with Crippen LogP contribution in [0.1, 0.15) is 20.3 Å². The van der Waals surface area contributed by atoms with E-state index in [0.717, 1.165) is 6.07 Å². The van der Waals surface area contributed by atoms with Crippen LogP contribution < -0.4 is 4.90 Å². The van der Waals surface area contributed by atoms with Gasteiger partial charge in [-0.15, -0.1) is 0 Å². The largest absolute Gasteiger partial charge is 0.481 e. The number of hydrogen-bond donors (Lipinski definition) is 1. The number of nitrogens with zero attached hydrogens (tertiary/aromatic N) is 1. The fraction of sp³-hybridized carbons (Fsp3) is 0.462. The molecular weight excluding hydrogens is 240 g/mol. The van der Waals surface area contributed by atoms with Crippen LogP contribution in [0.2, 0.25) is 0 Å². The van der Waals surface area contributed by atoms with Gasteiger partial charge in [0.05, 0.1) is 11.1 Å². The van der Waals surface area contributed by atoms with Gasteiger partial charge in [0.1, 0.15) is 11.6 Å². The highest BCUT2D eigenvalue weighted by Gasteiger charge is 2.27. The average Bonchev–Trinajstić information content (AvgIpc) is 2.25. The van der Waals surface area contributed by atoms with Crippen molar-refractivity contribution in [3.05, 3.63) is 29.8 Å². The molecule has 0 atom stereocenters. The van der Waals surface area contributed by atoms with Crippen LogP contribution in [0.25, 0.3) is 0 Å². The number of carboxylic acid groups (broad SMARTS) is 1. The molecule has 0 unspecified atom stereocenters. The van der Waals surface area contributed by atoms with E-state index in [-0.39, 0.29) is 5.69 Å². The highest BCUT2D eigenvalue weighted by Crippen LogP contribution is 2.24. The highest BCUT2D eigenvalue weighted by molar-refractivity contribution is 5.73. The van der Waals surface area contributed by atoms with Crippen molar-refractivity contribution in [2.24, 2.45) is 5.41 Å². The van der Waals surface area contributed by atoms with Gasteiger partial charge in [-0.1, -0.05) is 0 Å². The van der Waals surface area contributed by atoms with E-state index in [9.17, 15) is 13.6 Å². The van der Waals surface area contributed by atoms with E-state index in [1.807, 2.05) is 0 Å². The summed E-state index contributed by atoms with van der Waals surface area (Å²) in [4.78, 5) is 12.5. The zero-order chi connectivity index (χ0) is 13.9. The highest BCUT2D eigenvalue weighted by atomic mass is 19.1. The van der Waals surface area contributed by atoms with Gasteiger partial charge in [-0.3, -0.25) is 4.79 Å². The van der Waals surface area contributed by atoms with E-state index in [4.69, 9.17) is 5.11 Å². The summed E-state index contributed by atoms with van der Waals surface area (Å²) in [6, 6.07) is 3.34. The Hall–Kier alpha value is -1.65. The maximum absolute atomic E-state index is 13.5. The van der Waals surface area contributed by atoms with Crippen molar-refractivity contribution in [3.63, 3.8) is 0 Å². The molecule has 0 aromatic heterocycles. The molecule has 3 nitrogen and oxygen atoms in total. The van der Waals surface area contributed by atoms with Gasteiger partial charge in [-0.05, 0) is 32.4 Å². The molecule has 0 aliphatic carbocycles. The first kappa shape index (κ1) is 14.4. The smallest absolute Gasteiger partial charge is 0.309 e. The van der Waals surface area contributed by atoms with Crippen molar-refractivity contribution in [2.75, 3.05) is 18.5 Å². The van der Waals surface area contributed by atoms with E-state index in [2.05, 4.69) is 0 Å². The molecule has 18 heavy (non-hydrogen) atoms. The van der Waals surface area contributed by atoms with Crippen molar-refractivity contribution in [1.82, 2.24) is 0 Å². The second-order valence-corrected chi connectivity index (χ2v) is 4.96. The summed E-state index contributed by atoms with van der Waals surface area (Å²) in [6.07, 6.45) is 0.371. The molecule has 100 valence electrons. The third kappa shape index (κ3) is 3.42. The molecule has 1 N–H and O–H groups in total. The summed E-state index contributed by atoms with van der Waals surface area (Å²) in [5.41, 5.74) is -0.609. The van der Waals surface area contributed by atoms with Crippen LogP contribution >= 0.6 is 0 Å². The summed E-state index contributed by atoms with van der Waals surface area (Å²) in [6.45, 7) is 3.61. The van der Waals surface area contributed by atoms with Gasteiger partial charge in [0.15, 0.2) is 0 Å². The topological polar surface area (TPSA) is 40.5 Å². The molecule has 0 aliphatic heterocycles. The number of halogens is 2. The standard InChI is InChI=1S/C13H17F2NO2/c1-13(2,12(17)18)6-7-16(3)11-5-4-9(14)8-10(11)15/h4-5,8H,6-7H2,1-3H3,(H,17,18). The predicted octanol–water partition coefficient (Wildman–Crippen LogP) is 2.90. The van der Waals surface area contributed by atoms with Crippen molar-refractivity contribution < 1.29 is 18.7 Å². The number of benzene rings is 1. The molecule has 0 radical (unpaired) electrons. The van der Waals surface area contributed by atoms with Crippen molar-refractivity contribution in [1.29, 1.82) is 0 Å². The summed E-state index contributed by atoms with van der Waals surface area (Å²) >= 11 is 0. The number of rotatable bonds is 5. The molecule has 5 heteroatoms. The Kier molecular flexibility index (Phi) is 4.27. The maximum atomic E-state index is 13.5. The van der Waals surface area contributed by atoms with E-state index >= 15 is 0 Å². The third-order valence-electron chi connectivity index (χ3n) is 2.97. The van der Waals surface area contributed by atoms with Crippen molar-refractivity contribution in [3.8, 4) is 0 Å². The molecule has 0 spiro atoms. The van der Waals surface area contributed by atoms with E-state index in [1.54, 1.807) is 25.8 Å². The molecular formula is C13H17F2NO2. The number of hydrogen-bond acceptors (Lipinski definition) is 2. The van der Waals surface area contributed by atoms with E-state index in [1.165, 1.54) is 12.1 Å². The predicted molar refractivity (Wildman–Crippen MR) is 65.7 cm³/mol. The molecule has 0 amide bonds. The molecule has 1 aromatic rings. The monoisotopic (exact) mass is 257 g/mol. The molecule has 0 saturated carbocycles. The zero-order valence-corrected chi connectivity index (χ0v) is 10.7. The number of anilines is 1. The Bertz CT molecular complexity index is 447. The molecule has 0 heterocycles. The summed E-state index contributed by atoms with van der Waals surface area (Å²) in [7, 11) is 1.65. The van der Waals surface area contributed by atoms with Crippen molar-refractivity contribution in [2.45, 2.75) is 20.3 Å². The van der Waals surface area contributed by atoms with Gasteiger partial charge in [0.25, 0.3) is 0 Å². The van der Waals surface area contributed by atoms with Gasteiger partial charge < -0.3 is 10.0 Å². The molecule has 0 fully saturated rings. The normalized spacial score (nSPS) is 11.4. The minimum absolute atomic E-state index is 0.262.